The molecule has 120 valence electrons. The molecule has 2 N–H and O–H groups in total. The van der Waals surface area contributed by atoms with E-state index in [1.165, 1.54) is 43.4 Å². The van der Waals surface area contributed by atoms with Crippen LogP contribution < -0.4 is 5.73 Å². The van der Waals surface area contributed by atoms with Crippen LogP contribution in [0.2, 0.25) is 0 Å². The van der Waals surface area contributed by atoms with Gasteiger partial charge in [-0.05, 0) is 37.3 Å². The van der Waals surface area contributed by atoms with Gasteiger partial charge in [0.05, 0.1) is 17.4 Å². The first-order chi connectivity index (χ1) is 10.4. The van der Waals surface area contributed by atoms with Crippen LogP contribution in [0.5, 0.6) is 0 Å². The summed E-state index contributed by atoms with van der Waals surface area (Å²) in [5.41, 5.74) is 11.5. The molecule has 0 aromatic carbocycles. The first-order valence-electron chi connectivity index (χ1n) is 8.62. The van der Waals surface area contributed by atoms with Gasteiger partial charge in [0.2, 0.25) is 0 Å². The lowest BCUT2D eigenvalue weighted by Gasteiger charge is -2.30. The van der Waals surface area contributed by atoms with Gasteiger partial charge in [-0.2, -0.15) is 0 Å². The quantitative estimate of drug-likeness (QED) is 0.886. The minimum Gasteiger partial charge on any atom is -0.322 e. The molecule has 1 fully saturated rings. The second-order valence-corrected chi connectivity index (χ2v) is 7.95. The summed E-state index contributed by atoms with van der Waals surface area (Å²) in [5.74, 6) is 0.593. The summed E-state index contributed by atoms with van der Waals surface area (Å²) >= 11 is 0. The van der Waals surface area contributed by atoms with Gasteiger partial charge in [-0.25, -0.2) is 4.98 Å². The summed E-state index contributed by atoms with van der Waals surface area (Å²) in [7, 11) is 0. The maximum atomic E-state index is 6.77. The van der Waals surface area contributed by atoms with Crippen molar-refractivity contribution in [3.63, 3.8) is 0 Å². The third-order valence-corrected chi connectivity index (χ3v) is 4.99. The Balaban J connectivity index is 2.13. The zero-order valence-electron chi connectivity index (χ0n) is 14.4. The molecule has 0 radical (unpaired) electrons. The van der Waals surface area contributed by atoms with Gasteiger partial charge in [-0.1, -0.05) is 46.1 Å². The van der Waals surface area contributed by atoms with E-state index < -0.39 is 0 Å². The maximum absolute atomic E-state index is 6.77. The van der Waals surface area contributed by atoms with Crippen molar-refractivity contribution in [1.82, 2.24) is 9.38 Å². The van der Waals surface area contributed by atoms with E-state index in [2.05, 4.69) is 50.4 Å². The SMILES string of the molecule is Cc1ccc2nc(C(C)(C)C)c(C(N)C3CCCCC3)n2c1. The molecule has 0 bridgehead atoms. The molecule has 3 heteroatoms. The highest BCUT2D eigenvalue weighted by atomic mass is 15.0. The van der Waals surface area contributed by atoms with Crippen LogP contribution in [0.1, 0.15) is 75.9 Å². The second-order valence-electron chi connectivity index (χ2n) is 7.95. The second kappa shape index (κ2) is 5.69. The smallest absolute Gasteiger partial charge is 0.137 e. The molecule has 2 heterocycles. The summed E-state index contributed by atoms with van der Waals surface area (Å²) in [6.07, 6.45) is 8.70. The van der Waals surface area contributed by atoms with E-state index in [1.807, 2.05) is 0 Å². The van der Waals surface area contributed by atoms with Gasteiger partial charge in [0, 0.05) is 11.6 Å². The predicted octanol–water partition coefficient (Wildman–Crippen LogP) is 4.52. The van der Waals surface area contributed by atoms with Crippen LogP contribution in [0.15, 0.2) is 18.3 Å². The minimum atomic E-state index is 0.0154. The molecule has 1 saturated carbocycles. The molecular weight excluding hydrogens is 270 g/mol. The molecule has 0 saturated heterocycles. The van der Waals surface area contributed by atoms with Gasteiger partial charge in [-0.15, -0.1) is 0 Å². The molecule has 2 aromatic rings. The number of rotatable bonds is 2. The third-order valence-electron chi connectivity index (χ3n) is 4.99. The summed E-state index contributed by atoms with van der Waals surface area (Å²) < 4.78 is 2.25. The van der Waals surface area contributed by atoms with Gasteiger partial charge >= 0.3 is 0 Å². The van der Waals surface area contributed by atoms with Crippen LogP contribution in [0.3, 0.4) is 0 Å². The Morgan fingerprint density at radius 3 is 2.50 bits per heavy atom. The zero-order valence-corrected chi connectivity index (χ0v) is 14.4. The Morgan fingerprint density at radius 2 is 1.86 bits per heavy atom. The van der Waals surface area contributed by atoms with Crippen LogP contribution in [0, 0.1) is 12.8 Å². The average molecular weight is 299 g/mol. The zero-order chi connectivity index (χ0) is 15.9. The van der Waals surface area contributed by atoms with E-state index in [0.717, 1.165) is 11.3 Å². The molecule has 0 spiro atoms. The van der Waals surface area contributed by atoms with Gasteiger partial charge in [0.1, 0.15) is 5.65 Å². The molecule has 1 unspecified atom stereocenters. The molecule has 1 atom stereocenters. The summed E-state index contributed by atoms with van der Waals surface area (Å²) in [4.78, 5) is 4.92. The standard InChI is InChI=1S/C19H29N3/c1-13-10-11-15-21-18(19(2,3)4)17(22(15)12-13)16(20)14-8-6-5-7-9-14/h10-12,14,16H,5-9,20H2,1-4H3. The molecule has 0 aliphatic heterocycles. The Morgan fingerprint density at radius 1 is 1.18 bits per heavy atom. The van der Waals surface area contributed by atoms with Crippen molar-refractivity contribution in [2.24, 2.45) is 11.7 Å². The molecular formula is C19H29N3. The van der Waals surface area contributed by atoms with E-state index in [9.17, 15) is 0 Å². The number of hydrogen-bond acceptors (Lipinski definition) is 2. The number of hydrogen-bond donors (Lipinski definition) is 1. The molecule has 2 aromatic heterocycles. The molecule has 3 nitrogen and oxygen atoms in total. The lowest BCUT2D eigenvalue weighted by atomic mass is 9.80. The van der Waals surface area contributed by atoms with E-state index in [0.29, 0.717) is 5.92 Å². The van der Waals surface area contributed by atoms with Crippen LogP contribution >= 0.6 is 0 Å². The Hall–Kier alpha value is -1.35. The number of imidazole rings is 1. The van der Waals surface area contributed by atoms with E-state index in [1.54, 1.807) is 0 Å². The van der Waals surface area contributed by atoms with Crippen molar-refractivity contribution in [3.8, 4) is 0 Å². The number of fused-ring (bicyclic) bond motifs is 1. The minimum absolute atomic E-state index is 0.0154. The highest BCUT2D eigenvalue weighted by Gasteiger charge is 2.31. The molecule has 1 aliphatic rings. The largest absolute Gasteiger partial charge is 0.322 e. The van der Waals surface area contributed by atoms with Crippen molar-refractivity contribution in [1.29, 1.82) is 0 Å². The maximum Gasteiger partial charge on any atom is 0.137 e. The fourth-order valence-corrected chi connectivity index (χ4v) is 3.76. The summed E-state index contributed by atoms with van der Waals surface area (Å²) in [6.45, 7) is 8.84. The number of aromatic nitrogens is 2. The van der Waals surface area contributed by atoms with Crippen molar-refractivity contribution < 1.29 is 0 Å². The number of pyridine rings is 1. The third kappa shape index (κ3) is 2.79. The Kier molecular flexibility index (Phi) is 4.02. The van der Waals surface area contributed by atoms with Crippen molar-refractivity contribution in [3.05, 3.63) is 35.3 Å². The lowest BCUT2D eigenvalue weighted by Crippen LogP contribution is -2.28. The first-order valence-corrected chi connectivity index (χ1v) is 8.62. The van der Waals surface area contributed by atoms with Crippen LogP contribution in [-0.4, -0.2) is 9.38 Å². The lowest BCUT2D eigenvalue weighted by molar-refractivity contribution is 0.301. The van der Waals surface area contributed by atoms with E-state index in [-0.39, 0.29) is 11.5 Å². The van der Waals surface area contributed by atoms with Gasteiger partial charge < -0.3 is 10.1 Å². The van der Waals surface area contributed by atoms with Crippen LogP contribution in [0.4, 0.5) is 0 Å². The normalized spacial score (nSPS) is 18.8. The van der Waals surface area contributed by atoms with Crippen LogP contribution in [0.25, 0.3) is 5.65 Å². The number of nitrogens with zero attached hydrogens (tertiary/aromatic N) is 2. The highest BCUT2D eigenvalue weighted by molar-refractivity contribution is 5.47. The number of nitrogens with two attached hydrogens (primary N) is 1. The Bertz CT molecular complexity index is 657. The summed E-state index contributed by atoms with van der Waals surface area (Å²) in [5, 5.41) is 0. The number of aryl methyl sites for hydroxylation is 1. The van der Waals surface area contributed by atoms with Crippen molar-refractivity contribution >= 4 is 5.65 Å². The average Bonchev–Trinajstić information content (AvgIpc) is 2.86. The van der Waals surface area contributed by atoms with Crippen LogP contribution in [-0.2, 0) is 5.41 Å². The fraction of sp³-hybridized carbons (Fsp3) is 0.632. The highest BCUT2D eigenvalue weighted by Crippen LogP contribution is 2.37. The molecule has 3 rings (SSSR count). The van der Waals surface area contributed by atoms with E-state index in [4.69, 9.17) is 10.7 Å². The molecule has 0 amide bonds. The van der Waals surface area contributed by atoms with Gasteiger partial charge in [-0.3, -0.25) is 0 Å². The molecule has 1 aliphatic carbocycles. The van der Waals surface area contributed by atoms with Gasteiger partial charge in [0.25, 0.3) is 0 Å². The van der Waals surface area contributed by atoms with Crippen molar-refractivity contribution in [2.45, 2.75) is 71.3 Å². The predicted molar refractivity (Wildman–Crippen MR) is 92.1 cm³/mol. The topological polar surface area (TPSA) is 43.3 Å². The summed E-state index contributed by atoms with van der Waals surface area (Å²) in [6, 6.07) is 4.33. The fourth-order valence-electron chi connectivity index (χ4n) is 3.76. The van der Waals surface area contributed by atoms with Crippen molar-refractivity contribution in [2.75, 3.05) is 0 Å². The monoisotopic (exact) mass is 299 g/mol. The van der Waals surface area contributed by atoms with E-state index >= 15 is 0 Å². The Labute approximate surface area is 133 Å². The first kappa shape index (κ1) is 15.5. The molecule has 22 heavy (non-hydrogen) atoms. The van der Waals surface area contributed by atoms with Gasteiger partial charge in [0.15, 0.2) is 0 Å².